The fourth-order valence-electron chi connectivity index (χ4n) is 4.03. The van der Waals surface area contributed by atoms with Gasteiger partial charge in [0.25, 0.3) is 5.91 Å². The maximum atomic E-state index is 12.8. The highest BCUT2D eigenvalue weighted by Gasteiger charge is 2.34. The van der Waals surface area contributed by atoms with Crippen LogP contribution in [0.5, 0.6) is 5.75 Å². The molecule has 210 valence electrons. The maximum absolute atomic E-state index is 12.8. The Kier molecular flexibility index (Phi) is 10.8. The lowest BCUT2D eigenvalue weighted by molar-refractivity contribution is -0.111. The number of para-hydroxylation sites is 2. The molecule has 0 spiro atoms. The van der Waals surface area contributed by atoms with Crippen LogP contribution in [0.15, 0.2) is 91.0 Å². The van der Waals surface area contributed by atoms with Crippen LogP contribution in [0.1, 0.15) is 48.7 Å². The molecule has 3 aromatic carbocycles. The van der Waals surface area contributed by atoms with Crippen molar-refractivity contribution >= 4 is 29.3 Å². The quantitative estimate of drug-likeness (QED) is 0.180. The minimum Gasteiger partial charge on any atom is -0.491 e. The number of amides is 3. The summed E-state index contributed by atoms with van der Waals surface area (Å²) in [4.78, 5) is 37.6. The molecule has 0 aromatic heterocycles. The number of anilines is 2. The fraction of sp³-hybridized carbons (Fsp3) is 0.258. The summed E-state index contributed by atoms with van der Waals surface area (Å²) >= 11 is 0. The van der Waals surface area contributed by atoms with Crippen LogP contribution in [-0.4, -0.2) is 36.2 Å². The number of aliphatic hydroxyl groups excluding tert-OH is 1. The van der Waals surface area contributed by atoms with Crippen molar-refractivity contribution < 1.29 is 29.0 Å². The molecule has 0 heterocycles. The van der Waals surface area contributed by atoms with E-state index in [0.29, 0.717) is 41.1 Å². The van der Waals surface area contributed by atoms with E-state index in [1.807, 2.05) is 13.8 Å². The van der Waals surface area contributed by atoms with Crippen molar-refractivity contribution in [3.05, 3.63) is 102 Å². The largest absolute Gasteiger partial charge is 0.491 e. The molecule has 9 heteroatoms. The SMILES string of the molecule is CC(C)(CC/C=C/C(=O)Nc1ccccc1N)[C@H](OC(=O)NC(=O)c1ccccc1)c1ccc(OCCO)cc1. The zero-order valence-corrected chi connectivity index (χ0v) is 22.6. The number of benzene rings is 3. The highest BCUT2D eigenvalue weighted by Crippen LogP contribution is 2.41. The first-order chi connectivity index (χ1) is 19.2. The fourth-order valence-corrected chi connectivity index (χ4v) is 4.03. The van der Waals surface area contributed by atoms with Gasteiger partial charge in [-0.2, -0.15) is 0 Å². The molecule has 0 aliphatic heterocycles. The van der Waals surface area contributed by atoms with E-state index in [9.17, 15) is 14.4 Å². The summed E-state index contributed by atoms with van der Waals surface area (Å²) in [5.74, 6) is -0.310. The van der Waals surface area contributed by atoms with Gasteiger partial charge in [-0.3, -0.25) is 14.9 Å². The molecule has 3 aromatic rings. The molecule has 0 saturated carbocycles. The number of alkyl carbamates (subject to hydrolysis) is 1. The van der Waals surface area contributed by atoms with E-state index < -0.39 is 23.5 Å². The van der Waals surface area contributed by atoms with Crippen molar-refractivity contribution in [3.63, 3.8) is 0 Å². The standard InChI is InChI=1S/C31H35N3O6/c1-31(2,19-9-8-14-27(36)33-26-13-7-6-12-25(26)32)28(22-15-17-24(18-16-22)39-21-20-35)40-30(38)34-29(37)23-10-4-3-5-11-23/h3-8,10-18,28,35H,9,19-21,32H2,1-2H3,(H,33,36)(H,34,37,38)/b14-8+/t28-/m1/s1. The van der Waals surface area contributed by atoms with Gasteiger partial charge < -0.3 is 25.6 Å². The number of carbonyl (C=O) groups excluding carboxylic acids is 3. The van der Waals surface area contributed by atoms with Crippen LogP contribution in [0.3, 0.4) is 0 Å². The molecule has 0 saturated heterocycles. The molecule has 0 aliphatic rings. The molecule has 0 aliphatic carbocycles. The zero-order valence-electron chi connectivity index (χ0n) is 22.6. The molecule has 0 bridgehead atoms. The molecule has 5 N–H and O–H groups in total. The lowest BCUT2D eigenvalue weighted by atomic mass is 9.78. The Labute approximate surface area is 234 Å². The van der Waals surface area contributed by atoms with Crippen LogP contribution < -0.4 is 21.1 Å². The summed E-state index contributed by atoms with van der Waals surface area (Å²) in [5, 5.41) is 14.0. The molecular formula is C31H35N3O6. The first kappa shape index (κ1) is 29.9. The van der Waals surface area contributed by atoms with E-state index in [1.54, 1.807) is 84.9 Å². The molecule has 0 fully saturated rings. The van der Waals surface area contributed by atoms with Crippen LogP contribution >= 0.6 is 0 Å². The van der Waals surface area contributed by atoms with Gasteiger partial charge in [-0.25, -0.2) is 4.79 Å². The Balaban J connectivity index is 1.69. The number of imide groups is 1. The third-order valence-corrected chi connectivity index (χ3v) is 6.17. The topological polar surface area (TPSA) is 140 Å². The number of aliphatic hydroxyl groups is 1. The van der Waals surface area contributed by atoms with Gasteiger partial charge in [-0.05, 0) is 60.9 Å². The van der Waals surface area contributed by atoms with Crippen LogP contribution in [0.2, 0.25) is 0 Å². The second kappa shape index (κ2) is 14.5. The molecule has 0 radical (unpaired) electrons. The highest BCUT2D eigenvalue weighted by molar-refractivity contribution is 6.03. The normalized spacial score (nSPS) is 12.0. The Hall–Kier alpha value is -4.63. The highest BCUT2D eigenvalue weighted by atomic mass is 16.6. The number of nitrogens with two attached hydrogens (primary N) is 1. The molecular weight excluding hydrogens is 510 g/mol. The van der Waals surface area contributed by atoms with Crippen LogP contribution in [0.4, 0.5) is 16.2 Å². The summed E-state index contributed by atoms with van der Waals surface area (Å²) in [6, 6.07) is 22.4. The van der Waals surface area contributed by atoms with Gasteiger partial charge in [0, 0.05) is 11.0 Å². The first-order valence-electron chi connectivity index (χ1n) is 12.9. The summed E-state index contributed by atoms with van der Waals surface area (Å²) < 4.78 is 11.3. The third kappa shape index (κ3) is 8.99. The summed E-state index contributed by atoms with van der Waals surface area (Å²) in [6.07, 6.45) is 2.66. The van der Waals surface area contributed by atoms with Crippen LogP contribution in [0, 0.1) is 5.41 Å². The zero-order chi connectivity index (χ0) is 29.0. The minimum absolute atomic E-state index is 0.111. The molecule has 3 amide bonds. The van der Waals surface area contributed by atoms with E-state index in [1.165, 1.54) is 6.08 Å². The van der Waals surface area contributed by atoms with Crippen molar-refractivity contribution in [3.8, 4) is 5.75 Å². The van der Waals surface area contributed by atoms with Gasteiger partial charge in [0.05, 0.1) is 18.0 Å². The lowest BCUT2D eigenvalue weighted by Gasteiger charge is -2.34. The number of carbonyl (C=O) groups is 3. The maximum Gasteiger partial charge on any atom is 0.414 e. The number of allylic oxidation sites excluding steroid dienone is 1. The van der Waals surface area contributed by atoms with Gasteiger partial charge in [0.1, 0.15) is 18.5 Å². The smallest absolute Gasteiger partial charge is 0.414 e. The summed E-state index contributed by atoms with van der Waals surface area (Å²) in [7, 11) is 0. The summed E-state index contributed by atoms with van der Waals surface area (Å²) in [5.41, 5.74) is 7.33. The van der Waals surface area contributed by atoms with Gasteiger partial charge >= 0.3 is 6.09 Å². The van der Waals surface area contributed by atoms with Crippen molar-refractivity contribution in [2.75, 3.05) is 24.3 Å². The van der Waals surface area contributed by atoms with E-state index >= 15 is 0 Å². The number of rotatable bonds is 12. The average Bonchev–Trinajstić information content (AvgIpc) is 2.95. The van der Waals surface area contributed by atoms with E-state index in [2.05, 4.69) is 10.6 Å². The summed E-state index contributed by atoms with van der Waals surface area (Å²) in [6.45, 7) is 3.93. The van der Waals surface area contributed by atoms with Crippen molar-refractivity contribution in [2.24, 2.45) is 5.41 Å². The Morgan fingerprint density at radius 2 is 1.65 bits per heavy atom. The van der Waals surface area contributed by atoms with Crippen LogP contribution in [0.25, 0.3) is 0 Å². The number of nitrogen functional groups attached to an aromatic ring is 1. The molecule has 1 atom stereocenters. The second-order valence-electron chi connectivity index (χ2n) is 9.75. The van der Waals surface area contributed by atoms with Gasteiger partial charge in [0.15, 0.2) is 0 Å². The predicted octanol–water partition coefficient (Wildman–Crippen LogP) is 5.25. The van der Waals surface area contributed by atoms with Gasteiger partial charge in [0.2, 0.25) is 5.91 Å². The van der Waals surface area contributed by atoms with E-state index in [4.69, 9.17) is 20.3 Å². The second-order valence-corrected chi connectivity index (χ2v) is 9.75. The Morgan fingerprint density at radius 1 is 0.975 bits per heavy atom. The molecule has 3 rings (SSSR count). The van der Waals surface area contributed by atoms with Crippen molar-refractivity contribution in [1.82, 2.24) is 5.32 Å². The van der Waals surface area contributed by atoms with Crippen molar-refractivity contribution in [2.45, 2.75) is 32.8 Å². The Morgan fingerprint density at radius 3 is 2.33 bits per heavy atom. The number of nitrogens with one attached hydrogen (secondary N) is 2. The molecule has 0 unspecified atom stereocenters. The van der Waals surface area contributed by atoms with Gasteiger partial charge in [-0.1, -0.05) is 62.4 Å². The number of hydrogen-bond acceptors (Lipinski definition) is 7. The van der Waals surface area contributed by atoms with E-state index in [-0.39, 0.29) is 19.1 Å². The van der Waals surface area contributed by atoms with Crippen LogP contribution in [-0.2, 0) is 9.53 Å². The van der Waals surface area contributed by atoms with E-state index in [0.717, 1.165) is 0 Å². The predicted molar refractivity (Wildman–Crippen MR) is 154 cm³/mol. The third-order valence-electron chi connectivity index (χ3n) is 6.17. The average molecular weight is 546 g/mol. The van der Waals surface area contributed by atoms with Crippen molar-refractivity contribution in [1.29, 1.82) is 0 Å². The monoisotopic (exact) mass is 545 g/mol. The number of hydrogen-bond donors (Lipinski definition) is 4. The lowest BCUT2D eigenvalue weighted by Crippen LogP contribution is -2.35. The number of ether oxygens (including phenoxy) is 2. The first-order valence-corrected chi connectivity index (χ1v) is 12.9. The Bertz CT molecular complexity index is 1310. The van der Waals surface area contributed by atoms with Gasteiger partial charge in [-0.15, -0.1) is 0 Å². The molecule has 40 heavy (non-hydrogen) atoms. The minimum atomic E-state index is -0.872. The molecule has 9 nitrogen and oxygen atoms in total.